The molecule has 0 radical (unpaired) electrons. The number of pyridine rings is 1. The minimum atomic E-state index is -0.523. The van der Waals surface area contributed by atoms with Crippen molar-refractivity contribution in [3.63, 3.8) is 0 Å². The van der Waals surface area contributed by atoms with E-state index in [2.05, 4.69) is 46.8 Å². The fourth-order valence-electron chi connectivity index (χ4n) is 4.47. The van der Waals surface area contributed by atoms with Gasteiger partial charge in [-0.05, 0) is 44.2 Å². The predicted molar refractivity (Wildman–Crippen MR) is 132 cm³/mol. The van der Waals surface area contributed by atoms with Crippen LogP contribution >= 0.6 is 0 Å². The minimum Gasteiger partial charge on any atom is -0.464 e. The fraction of sp³-hybridized carbons (Fsp3) is 0.423. The molecule has 0 aliphatic carbocycles. The van der Waals surface area contributed by atoms with E-state index < -0.39 is 5.97 Å². The van der Waals surface area contributed by atoms with Crippen molar-refractivity contribution < 1.29 is 19.1 Å². The molecule has 0 spiro atoms. The van der Waals surface area contributed by atoms with Gasteiger partial charge in [0.15, 0.2) is 5.69 Å². The van der Waals surface area contributed by atoms with Crippen LogP contribution in [0.15, 0.2) is 42.6 Å². The Morgan fingerprint density at radius 3 is 2.76 bits per heavy atom. The maximum atomic E-state index is 12.8. The molecule has 34 heavy (non-hydrogen) atoms. The Bertz CT molecular complexity index is 1150. The van der Waals surface area contributed by atoms with Gasteiger partial charge in [-0.1, -0.05) is 30.3 Å². The van der Waals surface area contributed by atoms with Crippen molar-refractivity contribution >= 4 is 34.3 Å². The summed E-state index contributed by atoms with van der Waals surface area (Å²) in [5, 5.41) is 7.03. The van der Waals surface area contributed by atoms with E-state index in [0.29, 0.717) is 29.9 Å². The van der Waals surface area contributed by atoms with E-state index in [1.54, 1.807) is 6.20 Å². The van der Waals surface area contributed by atoms with Crippen LogP contribution in [0.25, 0.3) is 11.0 Å². The Morgan fingerprint density at radius 1 is 1.29 bits per heavy atom. The molecule has 1 aliphatic heterocycles. The zero-order valence-corrected chi connectivity index (χ0v) is 20.0. The van der Waals surface area contributed by atoms with Crippen LogP contribution in [0.5, 0.6) is 0 Å². The van der Waals surface area contributed by atoms with Crippen molar-refractivity contribution in [2.75, 3.05) is 24.4 Å². The molecule has 2 atom stereocenters. The van der Waals surface area contributed by atoms with E-state index in [0.717, 1.165) is 31.4 Å². The van der Waals surface area contributed by atoms with E-state index in [-0.39, 0.29) is 23.7 Å². The van der Waals surface area contributed by atoms with Gasteiger partial charge in [0, 0.05) is 25.0 Å². The number of nitrogens with zero attached hydrogens (tertiary/aromatic N) is 2. The average Bonchev–Trinajstić information content (AvgIpc) is 3.44. The Kier molecular flexibility index (Phi) is 7.47. The molecule has 0 saturated carbocycles. The molecule has 1 saturated heterocycles. The van der Waals surface area contributed by atoms with Crippen LogP contribution < -0.4 is 10.6 Å². The number of ether oxygens (including phenoxy) is 2. The van der Waals surface area contributed by atoms with Crippen molar-refractivity contribution in [1.82, 2.24) is 9.55 Å². The standard InChI is InChI=1S/C26H32N4O4/c1-17(11-12-19-8-5-4-6-9-19)28-20-14-22-23(29-18(2)31)24(26(32)33-3)30(25(22)27-15-20)16-21-10-7-13-34-21/h4-6,8-9,14-15,17,21,28H,7,10-13,16H2,1-3H3,(H,29,31)/t17-,21-/m1/s1. The van der Waals surface area contributed by atoms with Crippen molar-refractivity contribution in [1.29, 1.82) is 0 Å². The molecule has 3 heterocycles. The molecule has 0 bridgehead atoms. The molecule has 2 aromatic heterocycles. The number of rotatable bonds is 9. The van der Waals surface area contributed by atoms with Gasteiger partial charge in [-0.25, -0.2) is 9.78 Å². The summed E-state index contributed by atoms with van der Waals surface area (Å²) in [6.07, 6.45) is 5.57. The van der Waals surface area contributed by atoms with E-state index in [4.69, 9.17) is 9.47 Å². The topological polar surface area (TPSA) is 94.5 Å². The van der Waals surface area contributed by atoms with Gasteiger partial charge in [0.25, 0.3) is 0 Å². The second kappa shape index (κ2) is 10.7. The number of aryl methyl sites for hydroxylation is 1. The van der Waals surface area contributed by atoms with Crippen LogP contribution in [0.3, 0.4) is 0 Å². The van der Waals surface area contributed by atoms with Crippen molar-refractivity contribution in [2.24, 2.45) is 0 Å². The fourth-order valence-corrected chi connectivity index (χ4v) is 4.47. The van der Waals surface area contributed by atoms with Gasteiger partial charge in [0.05, 0.1) is 37.3 Å². The number of carbonyl (C=O) groups is 2. The van der Waals surface area contributed by atoms with Gasteiger partial charge in [-0.3, -0.25) is 4.79 Å². The number of nitrogens with one attached hydrogen (secondary N) is 2. The minimum absolute atomic E-state index is 0.0122. The molecular formula is C26H32N4O4. The van der Waals surface area contributed by atoms with Crippen LogP contribution in [0.4, 0.5) is 11.4 Å². The second-order valence-corrected chi connectivity index (χ2v) is 8.81. The number of fused-ring (bicyclic) bond motifs is 1. The summed E-state index contributed by atoms with van der Waals surface area (Å²) in [6, 6.07) is 12.5. The monoisotopic (exact) mass is 464 g/mol. The van der Waals surface area contributed by atoms with E-state index >= 15 is 0 Å². The second-order valence-electron chi connectivity index (χ2n) is 8.81. The predicted octanol–water partition coefficient (Wildman–Crippen LogP) is 4.39. The van der Waals surface area contributed by atoms with Gasteiger partial charge >= 0.3 is 5.97 Å². The van der Waals surface area contributed by atoms with E-state index in [1.807, 2.05) is 16.7 Å². The quantitative estimate of drug-likeness (QED) is 0.456. The third kappa shape index (κ3) is 5.39. The summed E-state index contributed by atoms with van der Waals surface area (Å²) in [5.41, 5.74) is 3.43. The molecule has 3 aromatic rings. The first-order valence-corrected chi connectivity index (χ1v) is 11.8. The highest BCUT2D eigenvalue weighted by Crippen LogP contribution is 2.34. The van der Waals surface area contributed by atoms with E-state index in [1.165, 1.54) is 19.6 Å². The molecule has 1 aromatic carbocycles. The zero-order valence-electron chi connectivity index (χ0n) is 20.0. The molecule has 0 unspecified atom stereocenters. The Hall–Kier alpha value is -3.39. The average molecular weight is 465 g/mol. The normalized spacial score (nSPS) is 16.4. The lowest BCUT2D eigenvalue weighted by Crippen LogP contribution is -2.21. The lowest BCUT2D eigenvalue weighted by molar-refractivity contribution is -0.114. The summed E-state index contributed by atoms with van der Waals surface area (Å²) >= 11 is 0. The largest absolute Gasteiger partial charge is 0.464 e. The highest BCUT2D eigenvalue weighted by molar-refractivity contribution is 6.11. The molecule has 8 nitrogen and oxygen atoms in total. The van der Waals surface area contributed by atoms with Crippen LogP contribution in [-0.4, -0.2) is 47.3 Å². The van der Waals surface area contributed by atoms with Crippen molar-refractivity contribution in [3.05, 3.63) is 53.9 Å². The van der Waals surface area contributed by atoms with Crippen molar-refractivity contribution in [3.8, 4) is 0 Å². The number of anilines is 2. The smallest absolute Gasteiger partial charge is 0.356 e. The van der Waals surface area contributed by atoms with Gasteiger partial charge in [-0.15, -0.1) is 0 Å². The zero-order chi connectivity index (χ0) is 24.1. The number of hydrogen-bond donors (Lipinski definition) is 2. The highest BCUT2D eigenvalue weighted by Gasteiger charge is 2.28. The summed E-state index contributed by atoms with van der Waals surface area (Å²) in [4.78, 5) is 29.5. The number of carbonyl (C=O) groups excluding carboxylic acids is 2. The molecule has 8 heteroatoms. The Morgan fingerprint density at radius 2 is 2.09 bits per heavy atom. The maximum absolute atomic E-state index is 12.8. The number of amides is 1. The first-order chi connectivity index (χ1) is 16.5. The van der Waals surface area contributed by atoms with E-state index in [9.17, 15) is 9.59 Å². The lowest BCUT2D eigenvalue weighted by Gasteiger charge is -2.16. The number of methoxy groups -OCH3 is 1. The first-order valence-electron chi connectivity index (χ1n) is 11.8. The van der Waals surface area contributed by atoms with Crippen LogP contribution in [0, 0.1) is 0 Å². The summed E-state index contributed by atoms with van der Waals surface area (Å²) < 4.78 is 12.7. The lowest BCUT2D eigenvalue weighted by atomic mass is 10.1. The van der Waals surface area contributed by atoms with Crippen molar-refractivity contribution in [2.45, 2.75) is 58.2 Å². The molecule has 180 valence electrons. The van der Waals surface area contributed by atoms with Gasteiger partial charge in [0.2, 0.25) is 5.91 Å². The molecule has 1 aliphatic rings. The SMILES string of the molecule is COC(=O)c1c(NC(C)=O)c2cc(N[C@H](C)CCc3ccccc3)cnc2n1C[C@H]1CCCO1. The Labute approximate surface area is 199 Å². The number of benzene rings is 1. The van der Waals surface area contributed by atoms with Gasteiger partial charge in [-0.2, -0.15) is 0 Å². The highest BCUT2D eigenvalue weighted by atomic mass is 16.5. The third-order valence-electron chi connectivity index (χ3n) is 6.11. The number of aromatic nitrogens is 2. The maximum Gasteiger partial charge on any atom is 0.356 e. The molecule has 4 rings (SSSR count). The van der Waals surface area contributed by atoms with Crippen LogP contribution in [0.2, 0.25) is 0 Å². The molecule has 1 amide bonds. The van der Waals surface area contributed by atoms with Crippen LogP contribution in [-0.2, 0) is 27.2 Å². The summed E-state index contributed by atoms with van der Waals surface area (Å²) in [7, 11) is 1.34. The first kappa shape index (κ1) is 23.8. The summed E-state index contributed by atoms with van der Waals surface area (Å²) in [5.74, 6) is -0.790. The number of hydrogen-bond acceptors (Lipinski definition) is 6. The molecule has 1 fully saturated rings. The summed E-state index contributed by atoms with van der Waals surface area (Å²) in [6.45, 7) is 4.72. The third-order valence-corrected chi connectivity index (χ3v) is 6.11. The van der Waals surface area contributed by atoms with Gasteiger partial charge in [0.1, 0.15) is 5.65 Å². The number of esters is 1. The molecule has 2 N–H and O–H groups in total. The Balaban J connectivity index is 1.65. The van der Waals surface area contributed by atoms with Gasteiger partial charge < -0.3 is 24.7 Å². The van der Waals surface area contributed by atoms with Crippen LogP contribution in [0.1, 0.15) is 49.2 Å². The molecular weight excluding hydrogens is 432 g/mol.